The molecule has 0 aliphatic rings. The van der Waals surface area contributed by atoms with Gasteiger partial charge in [0.15, 0.2) is 0 Å². The normalized spacial score (nSPS) is 11.7. The molecule has 2 aromatic heterocycles. The van der Waals surface area contributed by atoms with Gasteiger partial charge in [-0.3, -0.25) is 9.59 Å². The van der Waals surface area contributed by atoms with Crippen LogP contribution in [0.1, 0.15) is 80.3 Å². The molecule has 10 rings (SSSR count). The van der Waals surface area contributed by atoms with Crippen LogP contribution in [-0.2, 0) is 13.2 Å². The van der Waals surface area contributed by atoms with Gasteiger partial charge in [-0.15, -0.1) is 0 Å². The molecule has 0 bridgehead atoms. The summed E-state index contributed by atoms with van der Waals surface area (Å²) in [6.07, 6.45) is 0. The molecule has 2 heterocycles. The number of aryl methyl sites for hydroxylation is 2. The number of halogens is 2. The van der Waals surface area contributed by atoms with Gasteiger partial charge in [-0.05, 0) is 147 Å². The van der Waals surface area contributed by atoms with E-state index in [9.17, 15) is 9.59 Å². The lowest BCUT2D eigenvalue weighted by molar-refractivity contribution is 0.0742. The van der Waals surface area contributed by atoms with Crippen molar-refractivity contribution in [1.82, 2.24) is 19.4 Å². The molecule has 0 radical (unpaired) electrons. The van der Waals surface area contributed by atoms with Gasteiger partial charge >= 0.3 is 0 Å². The molecule has 0 saturated carbocycles. The topological polar surface area (TPSA) is 77.7 Å². The fourth-order valence-electron chi connectivity index (χ4n) is 9.31. The Balaban J connectivity index is 0.000000188. The Bertz CT molecular complexity index is 3600. The maximum absolute atomic E-state index is 13.5. The van der Waals surface area contributed by atoms with Gasteiger partial charge in [-0.25, -0.2) is 0 Å². The third-order valence-corrected chi connectivity index (χ3v) is 14.1. The van der Waals surface area contributed by atoms with Crippen LogP contribution in [0.5, 0.6) is 11.5 Å². The van der Waals surface area contributed by atoms with Crippen molar-refractivity contribution in [3.05, 3.63) is 285 Å². The van der Waals surface area contributed by atoms with E-state index < -0.39 is 0 Å². The summed E-state index contributed by atoms with van der Waals surface area (Å²) < 4.78 is 16.8. The molecule has 0 fully saturated rings. The number of hydrogen-bond donors (Lipinski definition) is 1. The van der Waals surface area contributed by atoms with E-state index in [4.69, 9.17) is 32.7 Å². The average molecular weight is 1060 g/mol. The van der Waals surface area contributed by atoms with Crippen LogP contribution in [0.3, 0.4) is 0 Å². The second-order valence-electron chi connectivity index (χ2n) is 18.9. The van der Waals surface area contributed by atoms with Crippen molar-refractivity contribution in [2.75, 3.05) is 7.05 Å². The first-order valence-corrected chi connectivity index (χ1v) is 26.4. The molecule has 8 aromatic carbocycles. The van der Waals surface area contributed by atoms with Gasteiger partial charge in [0.05, 0.1) is 23.5 Å². The van der Waals surface area contributed by atoms with Crippen molar-refractivity contribution in [3.8, 4) is 45.4 Å². The van der Waals surface area contributed by atoms with E-state index in [2.05, 4.69) is 45.6 Å². The van der Waals surface area contributed by atoms with Crippen LogP contribution >= 0.6 is 23.2 Å². The Hall–Kier alpha value is -8.56. The molecule has 10 heteroatoms. The third-order valence-electron chi connectivity index (χ3n) is 13.6. The predicted octanol–water partition coefficient (Wildman–Crippen LogP) is 16.7. The maximum atomic E-state index is 13.5. The highest BCUT2D eigenvalue weighted by atomic mass is 35.5. The lowest BCUT2D eigenvalue weighted by Gasteiger charge is -2.26. The van der Waals surface area contributed by atoms with Gasteiger partial charge in [-0.1, -0.05) is 157 Å². The monoisotopic (exact) mass is 1050 g/mol. The van der Waals surface area contributed by atoms with Gasteiger partial charge in [0, 0.05) is 62.1 Å². The molecule has 1 N–H and O–H groups in total. The van der Waals surface area contributed by atoms with Crippen LogP contribution in [0.2, 0.25) is 10.0 Å². The summed E-state index contributed by atoms with van der Waals surface area (Å²) in [5.41, 5.74) is 13.0. The molecule has 0 aliphatic heterocycles. The van der Waals surface area contributed by atoms with Crippen molar-refractivity contribution in [3.63, 3.8) is 0 Å². The van der Waals surface area contributed by atoms with Crippen molar-refractivity contribution in [2.45, 2.75) is 53.0 Å². The maximum Gasteiger partial charge on any atom is 0.254 e. The fraction of sp³-hybridized carbons (Fsp3) is 0.134. The van der Waals surface area contributed by atoms with E-state index in [-0.39, 0.29) is 23.9 Å². The summed E-state index contributed by atoms with van der Waals surface area (Å²) >= 11 is 12.9. The van der Waals surface area contributed by atoms with E-state index in [0.717, 1.165) is 79.0 Å². The number of aromatic nitrogens is 2. The van der Waals surface area contributed by atoms with Gasteiger partial charge < -0.3 is 28.8 Å². The minimum absolute atomic E-state index is 0.0331. The van der Waals surface area contributed by atoms with Crippen molar-refractivity contribution in [2.24, 2.45) is 0 Å². The number of carbonyl (C=O) groups excluding carboxylic acids is 2. The Labute approximate surface area is 461 Å². The van der Waals surface area contributed by atoms with Crippen LogP contribution < -0.4 is 14.8 Å². The van der Waals surface area contributed by atoms with Crippen LogP contribution in [0, 0.1) is 13.8 Å². The summed E-state index contributed by atoms with van der Waals surface area (Å²) in [4.78, 5) is 28.5. The SMILES string of the molecule is Cc1ccc(-c2cc(Cl)ccc2OCc2ccccc2)n1-c1cccc(C(=O)N(C)[C@@H](C)c2ccccc2)c1.Cc1ccc(-c2cc(Cl)ccc2OCc2ccccc2)n1-c1cccc(C(=O)N[C@@H](C)c2ccccc2)c1. The Morgan fingerprint density at radius 2 is 0.922 bits per heavy atom. The highest BCUT2D eigenvalue weighted by molar-refractivity contribution is 6.31. The number of amides is 2. The minimum atomic E-state index is -0.121. The smallest absolute Gasteiger partial charge is 0.254 e. The Morgan fingerprint density at radius 1 is 0.494 bits per heavy atom. The number of nitrogens with one attached hydrogen (secondary N) is 1. The first-order chi connectivity index (χ1) is 37.4. The predicted molar refractivity (Wildman–Crippen MR) is 313 cm³/mol. The first-order valence-electron chi connectivity index (χ1n) is 25.6. The molecular formula is C67H60Cl2N4O4. The van der Waals surface area contributed by atoms with Gasteiger partial charge in [0.1, 0.15) is 24.7 Å². The van der Waals surface area contributed by atoms with Crippen LogP contribution in [-0.4, -0.2) is 32.9 Å². The van der Waals surface area contributed by atoms with E-state index in [1.165, 1.54) is 0 Å². The number of ether oxygens (including phenoxy) is 2. The molecule has 2 amide bonds. The standard InChI is InChI=1S/C34H31ClN2O2.C33H29ClN2O2/c1-24-17-19-32(31-22-29(35)18-20-33(31)39-23-26-11-6-4-7-12-26)37(24)30-16-10-15-28(21-30)34(38)36(3)25(2)27-13-8-5-9-14-27;1-23-16-18-31(30-21-28(34)17-19-32(30)38-22-25-10-5-3-6-11-25)36(23)29-15-9-14-27(20-29)33(37)35-24(2)26-12-7-4-8-13-26/h4-22,25H,23H2,1-3H3;3-21,24H,22H2,1-2H3,(H,35,37)/t25-;24-/m00/s1. The summed E-state index contributed by atoms with van der Waals surface area (Å²) in [5, 5.41) is 4.36. The van der Waals surface area contributed by atoms with Crippen LogP contribution in [0.4, 0.5) is 0 Å². The second kappa shape index (κ2) is 24.9. The number of hydrogen-bond acceptors (Lipinski definition) is 4. The molecule has 77 heavy (non-hydrogen) atoms. The second-order valence-corrected chi connectivity index (χ2v) is 19.8. The largest absolute Gasteiger partial charge is 0.488 e. The summed E-state index contributed by atoms with van der Waals surface area (Å²) in [6, 6.07) is 75.0. The summed E-state index contributed by atoms with van der Waals surface area (Å²) in [7, 11) is 1.85. The van der Waals surface area contributed by atoms with Crippen molar-refractivity contribution < 1.29 is 19.1 Å². The van der Waals surface area contributed by atoms with Gasteiger partial charge in [0.2, 0.25) is 0 Å². The van der Waals surface area contributed by atoms with Gasteiger partial charge in [0.25, 0.3) is 11.8 Å². The molecule has 8 nitrogen and oxygen atoms in total. The molecule has 0 spiro atoms. The van der Waals surface area contributed by atoms with E-state index in [0.29, 0.717) is 34.4 Å². The molecule has 0 aliphatic carbocycles. The minimum Gasteiger partial charge on any atom is -0.488 e. The Kier molecular flexibility index (Phi) is 17.2. The number of nitrogens with zero attached hydrogens (tertiary/aromatic N) is 3. The highest BCUT2D eigenvalue weighted by Crippen LogP contribution is 2.38. The molecule has 10 aromatic rings. The molecule has 386 valence electrons. The van der Waals surface area contributed by atoms with Gasteiger partial charge in [-0.2, -0.15) is 0 Å². The molecule has 0 unspecified atom stereocenters. The Morgan fingerprint density at radius 3 is 1.40 bits per heavy atom. The zero-order valence-electron chi connectivity index (χ0n) is 43.7. The fourth-order valence-corrected chi connectivity index (χ4v) is 9.66. The average Bonchev–Trinajstić information content (AvgIpc) is 4.07. The van der Waals surface area contributed by atoms with E-state index >= 15 is 0 Å². The zero-order chi connectivity index (χ0) is 53.8. The summed E-state index contributed by atoms with van der Waals surface area (Å²) in [5.74, 6) is 1.33. The molecule has 0 saturated heterocycles. The summed E-state index contributed by atoms with van der Waals surface area (Å²) in [6.45, 7) is 9.03. The first kappa shape index (κ1) is 53.3. The van der Waals surface area contributed by atoms with Crippen LogP contribution in [0.15, 0.2) is 231 Å². The third kappa shape index (κ3) is 12.9. The number of rotatable bonds is 16. The lowest BCUT2D eigenvalue weighted by atomic mass is 10.1. The highest BCUT2D eigenvalue weighted by Gasteiger charge is 2.22. The number of carbonyl (C=O) groups is 2. The van der Waals surface area contributed by atoms with E-state index in [1.54, 1.807) is 4.90 Å². The quantitative estimate of drug-likeness (QED) is 0.105. The van der Waals surface area contributed by atoms with Crippen LogP contribution in [0.25, 0.3) is 33.9 Å². The lowest BCUT2D eigenvalue weighted by Crippen LogP contribution is -2.29. The number of benzene rings is 8. The van der Waals surface area contributed by atoms with E-state index in [1.807, 2.05) is 234 Å². The molecule has 2 atom stereocenters. The van der Waals surface area contributed by atoms with Crippen molar-refractivity contribution >= 4 is 35.0 Å². The molecular weight excluding hydrogens is 996 g/mol. The zero-order valence-corrected chi connectivity index (χ0v) is 45.3. The van der Waals surface area contributed by atoms with Crippen molar-refractivity contribution in [1.29, 1.82) is 0 Å².